The molecule has 0 aliphatic heterocycles. The first-order valence-electron chi connectivity index (χ1n) is 9.92. The van der Waals surface area contributed by atoms with E-state index in [0.717, 1.165) is 17.8 Å². The van der Waals surface area contributed by atoms with Gasteiger partial charge >= 0.3 is 0 Å². The van der Waals surface area contributed by atoms with Gasteiger partial charge in [-0.05, 0) is 17.8 Å². The molecule has 0 unspecified atom stereocenters. The van der Waals surface area contributed by atoms with E-state index in [-0.39, 0.29) is 0 Å². The molecule has 0 radical (unpaired) electrons. The standard InChI is InChI=1S/C20H38/c1-2-13-20(18-14-9-5-3-6-10-15-18)19-16-11-7-4-8-12-17-19/h18-20H,2-17H2,1H3. The van der Waals surface area contributed by atoms with Crippen molar-refractivity contribution in [3.63, 3.8) is 0 Å². The minimum absolute atomic E-state index is 1.08. The summed E-state index contributed by atoms with van der Waals surface area (Å²) in [4.78, 5) is 0. The van der Waals surface area contributed by atoms with Crippen LogP contribution in [-0.2, 0) is 0 Å². The molecule has 0 aromatic carbocycles. The van der Waals surface area contributed by atoms with Crippen molar-refractivity contribution in [3.05, 3.63) is 0 Å². The molecule has 0 spiro atoms. The van der Waals surface area contributed by atoms with Gasteiger partial charge in [-0.3, -0.25) is 0 Å². The van der Waals surface area contributed by atoms with E-state index in [1.807, 2.05) is 0 Å². The summed E-state index contributed by atoms with van der Waals surface area (Å²) in [7, 11) is 0. The maximum atomic E-state index is 2.42. The van der Waals surface area contributed by atoms with Crippen LogP contribution in [0.2, 0.25) is 0 Å². The van der Waals surface area contributed by atoms with Gasteiger partial charge in [-0.15, -0.1) is 0 Å². The van der Waals surface area contributed by atoms with Crippen LogP contribution in [0, 0.1) is 17.8 Å². The average molecular weight is 279 g/mol. The first-order valence-corrected chi connectivity index (χ1v) is 9.92. The van der Waals surface area contributed by atoms with Crippen LogP contribution in [0.25, 0.3) is 0 Å². The molecule has 0 amide bonds. The van der Waals surface area contributed by atoms with Crippen LogP contribution in [0.4, 0.5) is 0 Å². The largest absolute Gasteiger partial charge is 0.0654 e. The quantitative estimate of drug-likeness (QED) is 0.513. The van der Waals surface area contributed by atoms with Gasteiger partial charge in [-0.2, -0.15) is 0 Å². The number of hydrogen-bond acceptors (Lipinski definition) is 0. The summed E-state index contributed by atoms with van der Waals surface area (Å²) in [6, 6.07) is 0. The Hall–Kier alpha value is 0. The molecule has 0 heteroatoms. The van der Waals surface area contributed by atoms with E-state index in [9.17, 15) is 0 Å². The Bertz CT molecular complexity index is 194. The van der Waals surface area contributed by atoms with E-state index in [2.05, 4.69) is 6.92 Å². The fourth-order valence-electron chi connectivity index (χ4n) is 5.02. The summed E-state index contributed by atoms with van der Waals surface area (Å²) >= 11 is 0. The number of hydrogen-bond donors (Lipinski definition) is 0. The highest BCUT2D eigenvalue weighted by Gasteiger charge is 2.28. The predicted molar refractivity (Wildman–Crippen MR) is 90.0 cm³/mol. The van der Waals surface area contributed by atoms with Gasteiger partial charge in [-0.1, -0.05) is 110 Å². The van der Waals surface area contributed by atoms with Crippen molar-refractivity contribution in [2.75, 3.05) is 0 Å². The molecule has 0 heterocycles. The van der Waals surface area contributed by atoms with Gasteiger partial charge in [0.05, 0.1) is 0 Å². The molecule has 2 aliphatic rings. The highest BCUT2D eigenvalue weighted by molar-refractivity contribution is 4.79. The fraction of sp³-hybridized carbons (Fsp3) is 1.00. The molecule has 2 saturated carbocycles. The van der Waals surface area contributed by atoms with E-state index < -0.39 is 0 Å². The highest BCUT2D eigenvalue weighted by atomic mass is 14.3. The van der Waals surface area contributed by atoms with E-state index >= 15 is 0 Å². The van der Waals surface area contributed by atoms with Crippen molar-refractivity contribution in [3.8, 4) is 0 Å². The van der Waals surface area contributed by atoms with E-state index in [0.29, 0.717) is 0 Å². The first kappa shape index (κ1) is 16.4. The van der Waals surface area contributed by atoms with Crippen molar-refractivity contribution in [2.45, 2.75) is 110 Å². The minimum Gasteiger partial charge on any atom is -0.0654 e. The van der Waals surface area contributed by atoms with Crippen LogP contribution in [0.15, 0.2) is 0 Å². The van der Waals surface area contributed by atoms with E-state index in [4.69, 9.17) is 0 Å². The molecule has 0 bridgehead atoms. The monoisotopic (exact) mass is 278 g/mol. The SMILES string of the molecule is CCCC(C1CCCCCCC1)C1CCCCCCC1. The van der Waals surface area contributed by atoms with Crippen molar-refractivity contribution in [1.82, 2.24) is 0 Å². The van der Waals surface area contributed by atoms with Crippen LogP contribution in [0.3, 0.4) is 0 Å². The Morgan fingerprint density at radius 2 is 0.950 bits per heavy atom. The van der Waals surface area contributed by atoms with Gasteiger partial charge in [0.25, 0.3) is 0 Å². The second-order valence-corrected chi connectivity index (χ2v) is 7.66. The lowest BCUT2D eigenvalue weighted by Crippen LogP contribution is -2.25. The van der Waals surface area contributed by atoms with E-state index in [1.54, 1.807) is 25.7 Å². The van der Waals surface area contributed by atoms with Gasteiger partial charge in [-0.25, -0.2) is 0 Å². The maximum absolute atomic E-state index is 2.42. The van der Waals surface area contributed by atoms with Crippen LogP contribution < -0.4 is 0 Å². The molecule has 0 N–H and O–H groups in total. The fourth-order valence-corrected chi connectivity index (χ4v) is 5.02. The van der Waals surface area contributed by atoms with Crippen LogP contribution in [-0.4, -0.2) is 0 Å². The Kier molecular flexibility index (Phi) is 8.06. The predicted octanol–water partition coefficient (Wildman–Crippen LogP) is 7.12. The zero-order chi connectivity index (χ0) is 14.0. The third-order valence-electron chi connectivity index (χ3n) is 6.13. The third kappa shape index (κ3) is 5.41. The van der Waals surface area contributed by atoms with Crippen LogP contribution in [0.5, 0.6) is 0 Å². The molecule has 0 atom stereocenters. The van der Waals surface area contributed by atoms with Gasteiger partial charge < -0.3 is 0 Å². The van der Waals surface area contributed by atoms with Gasteiger partial charge in [0.1, 0.15) is 0 Å². The number of rotatable bonds is 4. The maximum Gasteiger partial charge on any atom is -0.0358 e. The molecule has 2 fully saturated rings. The lowest BCUT2D eigenvalue weighted by atomic mass is 9.70. The Morgan fingerprint density at radius 3 is 1.30 bits per heavy atom. The Labute approximate surface area is 128 Å². The molecule has 2 aliphatic carbocycles. The topological polar surface area (TPSA) is 0 Å². The van der Waals surface area contributed by atoms with Gasteiger partial charge in [0.2, 0.25) is 0 Å². The third-order valence-corrected chi connectivity index (χ3v) is 6.13. The molecule has 0 nitrogen and oxygen atoms in total. The highest BCUT2D eigenvalue weighted by Crippen LogP contribution is 2.40. The summed E-state index contributed by atoms with van der Waals surface area (Å²) in [6.07, 6.45) is 24.3. The zero-order valence-electron chi connectivity index (χ0n) is 14.0. The van der Waals surface area contributed by atoms with Crippen molar-refractivity contribution in [1.29, 1.82) is 0 Å². The minimum atomic E-state index is 1.08. The van der Waals surface area contributed by atoms with Crippen molar-refractivity contribution < 1.29 is 0 Å². The summed E-state index contributed by atoms with van der Waals surface area (Å²) in [5.74, 6) is 3.25. The summed E-state index contributed by atoms with van der Waals surface area (Å²) in [6.45, 7) is 2.42. The Balaban J connectivity index is 1.94. The molecule has 2 rings (SSSR count). The smallest absolute Gasteiger partial charge is 0.0358 e. The summed E-state index contributed by atoms with van der Waals surface area (Å²) < 4.78 is 0. The van der Waals surface area contributed by atoms with Gasteiger partial charge in [0.15, 0.2) is 0 Å². The van der Waals surface area contributed by atoms with Crippen molar-refractivity contribution >= 4 is 0 Å². The summed E-state index contributed by atoms with van der Waals surface area (Å²) in [5.41, 5.74) is 0. The van der Waals surface area contributed by atoms with Crippen LogP contribution in [0.1, 0.15) is 110 Å². The first-order chi connectivity index (χ1) is 9.92. The van der Waals surface area contributed by atoms with Gasteiger partial charge in [0, 0.05) is 0 Å². The lowest BCUT2D eigenvalue weighted by Gasteiger charge is -2.36. The average Bonchev–Trinajstić information content (AvgIpc) is 2.36. The molecule has 20 heavy (non-hydrogen) atoms. The van der Waals surface area contributed by atoms with Crippen molar-refractivity contribution in [2.24, 2.45) is 17.8 Å². The lowest BCUT2D eigenvalue weighted by molar-refractivity contribution is 0.150. The molecular weight excluding hydrogens is 240 g/mol. The molecular formula is C20H38. The summed E-state index contributed by atoms with van der Waals surface area (Å²) in [5, 5.41) is 0. The molecule has 0 saturated heterocycles. The van der Waals surface area contributed by atoms with E-state index in [1.165, 1.54) is 77.0 Å². The zero-order valence-corrected chi connectivity index (χ0v) is 14.0. The molecule has 0 aromatic heterocycles. The normalized spacial score (nSPS) is 24.9. The second kappa shape index (κ2) is 9.85. The molecule has 0 aromatic rings. The Morgan fingerprint density at radius 1 is 0.600 bits per heavy atom. The molecule has 118 valence electrons. The van der Waals surface area contributed by atoms with Crippen LogP contribution >= 0.6 is 0 Å². The second-order valence-electron chi connectivity index (χ2n) is 7.66.